The van der Waals surface area contributed by atoms with E-state index >= 15 is 0 Å². The predicted octanol–water partition coefficient (Wildman–Crippen LogP) is 5.92. The molecule has 2 aliphatic rings. The summed E-state index contributed by atoms with van der Waals surface area (Å²) >= 11 is 1.23. The topological polar surface area (TPSA) is 277 Å². The number of primary amides is 1. The van der Waals surface area contributed by atoms with Crippen molar-refractivity contribution in [2.75, 3.05) is 23.7 Å². The molecule has 3 atom stereocenters. The second-order valence-electron chi connectivity index (χ2n) is 17.6. The highest BCUT2D eigenvalue weighted by Crippen LogP contribution is 2.42. The number of benzene rings is 5. The molecule has 74 heavy (non-hydrogen) atoms. The van der Waals surface area contributed by atoms with Crippen molar-refractivity contribution in [3.63, 3.8) is 0 Å². The highest BCUT2D eigenvalue weighted by molar-refractivity contribution is 8.00. The van der Waals surface area contributed by atoms with Gasteiger partial charge in [-0.15, -0.1) is 11.8 Å². The lowest BCUT2D eigenvalue weighted by Gasteiger charge is -2.49. The number of amides is 5. The van der Waals surface area contributed by atoms with Crippen LogP contribution in [-0.4, -0.2) is 97.4 Å². The lowest BCUT2D eigenvalue weighted by molar-refractivity contribution is -0.154. The standard InChI is InChI=1S/C52H52N6O14S2/c1-52(2,3)72-50(64)54-39(47(61)70-43(33-16-8-4-9-17-33)34-18-10-5-11-19-34)30-69-51(65)57-74(66,67)56-38-26-24-32(25-27-38)28-40(59)55-41-45(60)58-42(37(29-68-49(53)63)31-73-46(41)58)48(62)71-44(35-20-12-6-13-21-35)36-22-14-7-15-23-36/h4-27,39,41,43-44,46,56H,28-31H2,1-3H3,(H2,53,63)(H,54,64)(H,55,59)(H,57,65)/t39?,41-,46-/m1/s1. The average Bonchev–Trinajstić information content (AvgIpc) is 3.37. The second-order valence-corrected chi connectivity index (χ2v) is 20.2. The van der Waals surface area contributed by atoms with Crippen LogP contribution in [-0.2, 0) is 59.5 Å². The monoisotopic (exact) mass is 1050 g/mol. The molecule has 5 aromatic carbocycles. The van der Waals surface area contributed by atoms with E-state index in [2.05, 4.69) is 15.4 Å². The summed E-state index contributed by atoms with van der Waals surface area (Å²) in [5.74, 6) is -2.92. The number of rotatable bonds is 19. The Bertz CT molecular complexity index is 2900. The maximum Gasteiger partial charge on any atom is 0.422 e. The van der Waals surface area contributed by atoms with Crippen LogP contribution in [0, 0.1) is 0 Å². The largest absolute Gasteiger partial charge is 0.451 e. The van der Waals surface area contributed by atoms with Crippen LogP contribution in [0.5, 0.6) is 0 Å². The number of nitrogens with zero attached hydrogens (tertiary/aromatic N) is 1. The third-order valence-electron chi connectivity index (χ3n) is 11.0. The maximum atomic E-state index is 14.1. The van der Waals surface area contributed by atoms with Crippen LogP contribution < -0.4 is 25.8 Å². The second kappa shape index (κ2) is 23.9. The molecule has 1 fully saturated rings. The highest BCUT2D eigenvalue weighted by atomic mass is 32.2. The summed E-state index contributed by atoms with van der Waals surface area (Å²) < 4.78 is 57.2. The van der Waals surface area contributed by atoms with Gasteiger partial charge in [-0.2, -0.15) is 8.42 Å². The van der Waals surface area contributed by atoms with E-state index in [1.165, 1.54) is 40.9 Å². The van der Waals surface area contributed by atoms with E-state index in [0.717, 1.165) is 0 Å². The van der Waals surface area contributed by atoms with E-state index in [1.807, 2.05) is 12.1 Å². The van der Waals surface area contributed by atoms with E-state index in [4.69, 9.17) is 29.4 Å². The number of anilines is 1. The smallest absolute Gasteiger partial charge is 0.422 e. The van der Waals surface area contributed by atoms with Gasteiger partial charge >= 0.3 is 40.4 Å². The number of thioether (sulfide) groups is 1. The molecule has 2 aliphatic heterocycles. The molecule has 5 amide bonds. The SMILES string of the molecule is CC(C)(C)OC(=O)NC(COC(=O)NS(=O)(=O)Nc1ccc(CC(=O)N[C@@H]2C(=O)N3C(C(=O)OC(c4ccccc4)c4ccccc4)=C(COC(N)=O)CS[C@H]23)cc1)C(=O)OC(c1ccccc1)c1ccccc1. The molecule has 22 heteroatoms. The van der Waals surface area contributed by atoms with Crippen LogP contribution in [0.2, 0.25) is 0 Å². The number of β-lactam (4-membered cyclic amide) rings is 1. The van der Waals surface area contributed by atoms with E-state index in [0.29, 0.717) is 27.8 Å². The minimum Gasteiger partial charge on any atom is -0.451 e. The van der Waals surface area contributed by atoms with Gasteiger partial charge in [0.2, 0.25) is 5.91 Å². The molecule has 1 unspecified atom stereocenters. The van der Waals surface area contributed by atoms with Crippen molar-refractivity contribution in [3.05, 3.63) is 185 Å². The molecular formula is C52H52N6O14S2. The molecule has 0 saturated carbocycles. The van der Waals surface area contributed by atoms with Gasteiger partial charge in [-0.1, -0.05) is 133 Å². The Labute approximate surface area is 430 Å². The number of esters is 2. The van der Waals surface area contributed by atoms with Crippen molar-refractivity contribution in [1.82, 2.24) is 20.3 Å². The first kappa shape index (κ1) is 53.4. The Morgan fingerprint density at radius 1 is 0.716 bits per heavy atom. The summed E-state index contributed by atoms with van der Waals surface area (Å²) in [6, 6.07) is 38.4. The summed E-state index contributed by atoms with van der Waals surface area (Å²) in [7, 11) is -4.66. The molecule has 5 aromatic rings. The van der Waals surface area contributed by atoms with Gasteiger partial charge in [0.1, 0.15) is 35.9 Å². The molecule has 0 radical (unpaired) electrons. The van der Waals surface area contributed by atoms with Crippen LogP contribution >= 0.6 is 11.8 Å². The van der Waals surface area contributed by atoms with Gasteiger partial charge in [0.15, 0.2) is 18.2 Å². The van der Waals surface area contributed by atoms with E-state index in [9.17, 15) is 42.0 Å². The molecule has 0 aromatic heterocycles. The number of carbonyl (C=O) groups excluding carboxylic acids is 7. The Balaban J connectivity index is 0.943. The number of fused-ring (bicyclic) bond motifs is 1. The fourth-order valence-electron chi connectivity index (χ4n) is 7.67. The number of alkyl carbamates (subject to hydrolysis) is 1. The van der Waals surface area contributed by atoms with Gasteiger partial charge in [0.05, 0.1) is 12.1 Å². The number of carbonyl (C=O) groups is 7. The van der Waals surface area contributed by atoms with Crippen LogP contribution in [0.1, 0.15) is 60.8 Å². The average molecular weight is 1050 g/mol. The number of nitrogens with one attached hydrogen (secondary N) is 4. The lowest BCUT2D eigenvalue weighted by Crippen LogP contribution is -2.70. The Kier molecular flexibility index (Phi) is 17.3. The predicted molar refractivity (Wildman–Crippen MR) is 270 cm³/mol. The number of ether oxygens (including phenoxy) is 5. The molecule has 1 saturated heterocycles. The third kappa shape index (κ3) is 14.4. The maximum absolute atomic E-state index is 14.1. The molecule has 0 aliphatic carbocycles. The summed E-state index contributed by atoms with van der Waals surface area (Å²) in [6.07, 6.45) is -5.65. The van der Waals surface area contributed by atoms with Crippen LogP contribution in [0.25, 0.3) is 0 Å². The molecule has 0 bridgehead atoms. The number of hydrogen-bond donors (Lipinski definition) is 5. The van der Waals surface area contributed by atoms with Crippen molar-refractivity contribution in [1.29, 1.82) is 0 Å². The molecule has 20 nitrogen and oxygen atoms in total. The zero-order valence-corrected chi connectivity index (χ0v) is 41.8. The number of hydrogen-bond acceptors (Lipinski definition) is 15. The van der Waals surface area contributed by atoms with Gasteiger partial charge in [-0.3, -0.25) is 19.2 Å². The van der Waals surface area contributed by atoms with Gasteiger partial charge in [0, 0.05) is 11.3 Å². The van der Waals surface area contributed by atoms with Gasteiger partial charge in [-0.05, 0) is 60.7 Å². The van der Waals surface area contributed by atoms with Crippen molar-refractivity contribution in [2.24, 2.45) is 5.73 Å². The molecule has 6 N–H and O–H groups in total. The van der Waals surface area contributed by atoms with Crippen molar-refractivity contribution in [2.45, 2.75) is 62.5 Å². The van der Waals surface area contributed by atoms with E-state index in [-0.39, 0.29) is 35.7 Å². The van der Waals surface area contributed by atoms with Gasteiger partial charge in [0.25, 0.3) is 5.91 Å². The summed E-state index contributed by atoms with van der Waals surface area (Å²) in [6.45, 7) is 3.56. The third-order valence-corrected chi connectivity index (χ3v) is 13.2. The van der Waals surface area contributed by atoms with Crippen molar-refractivity contribution >= 4 is 69.7 Å². The van der Waals surface area contributed by atoms with Crippen LogP contribution in [0.4, 0.5) is 20.1 Å². The zero-order valence-electron chi connectivity index (χ0n) is 40.1. The summed E-state index contributed by atoms with van der Waals surface area (Å²) in [5, 5.41) is 4.32. The normalized spacial score (nSPS) is 15.6. The number of nitrogens with two attached hydrogens (primary N) is 1. The minimum atomic E-state index is -4.66. The molecule has 2 heterocycles. The van der Waals surface area contributed by atoms with Crippen molar-refractivity contribution < 1.29 is 65.7 Å². The van der Waals surface area contributed by atoms with Crippen LogP contribution in [0.3, 0.4) is 0 Å². The molecule has 0 spiro atoms. The van der Waals surface area contributed by atoms with Crippen molar-refractivity contribution in [3.8, 4) is 0 Å². The summed E-state index contributed by atoms with van der Waals surface area (Å²) in [5.41, 5.74) is 7.36. The Morgan fingerprint density at radius 3 is 1.73 bits per heavy atom. The molecule has 7 rings (SSSR count). The first-order chi connectivity index (χ1) is 35.3. The zero-order chi connectivity index (χ0) is 53.0. The quantitative estimate of drug-likeness (QED) is 0.0365. The van der Waals surface area contributed by atoms with Gasteiger partial charge < -0.3 is 40.1 Å². The minimum absolute atomic E-state index is 0.0251. The van der Waals surface area contributed by atoms with E-state index < -0.39 is 94.1 Å². The van der Waals surface area contributed by atoms with Gasteiger partial charge in [-0.25, -0.2) is 28.7 Å². The first-order valence-corrected chi connectivity index (χ1v) is 25.4. The summed E-state index contributed by atoms with van der Waals surface area (Å²) in [4.78, 5) is 93.3. The lowest BCUT2D eigenvalue weighted by atomic mass is 10.0. The molecular weight excluding hydrogens is 997 g/mol. The Morgan fingerprint density at radius 2 is 1.23 bits per heavy atom. The van der Waals surface area contributed by atoms with Crippen LogP contribution in [0.15, 0.2) is 157 Å². The fourth-order valence-corrected chi connectivity index (χ4v) is 9.77. The Hall–Kier alpha value is -8.37. The first-order valence-electron chi connectivity index (χ1n) is 22.9. The molecule has 386 valence electrons. The van der Waals surface area contributed by atoms with E-state index in [1.54, 1.807) is 135 Å². The highest BCUT2D eigenvalue weighted by Gasteiger charge is 2.54. The fraction of sp³-hybridized carbons (Fsp3) is 0.250.